The number of hydrogen-bond acceptors (Lipinski definition) is 5. The Bertz CT molecular complexity index is 1130. The number of hydrogen-bond donors (Lipinski definition) is 1. The molecular weight excluding hydrogens is 443 g/mol. The Morgan fingerprint density at radius 3 is 2.69 bits per heavy atom. The molecule has 0 saturated heterocycles. The van der Waals surface area contributed by atoms with E-state index in [1.165, 1.54) is 30.0 Å². The van der Waals surface area contributed by atoms with Crippen LogP contribution in [-0.4, -0.2) is 23.5 Å². The molecule has 32 heavy (non-hydrogen) atoms. The molecule has 9 heteroatoms. The second kappa shape index (κ2) is 9.18. The summed E-state index contributed by atoms with van der Waals surface area (Å²) in [6, 6.07) is 14.1. The monoisotopic (exact) mass is 461 g/mol. The molecule has 2 aromatic carbocycles. The van der Waals surface area contributed by atoms with Gasteiger partial charge in [-0.25, -0.2) is 10.5 Å². The highest BCUT2D eigenvalue weighted by Gasteiger charge is 2.31. The highest BCUT2D eigenvalue weighted by molar-refractivity contribution is 6.29. The van der Waals surface area contributed by atoms with Crippen molar-refractivity contribution >= 4 is 17.4 Å². The lowest BCUT2D eigenvalue weighted by Gasteiger charge is -2.23. The second-order valence-electron chi connectivity index (χ2n) is 7.37. The van der Waals surface area contributed by atoms with E-state index in [0.717, 1.165) is 17.7 Å². The van der Waals surface area contributed by atoms with Gasteiger partial charge in [0.05, 0.1) is 30.0 Å². The molecular formula is C23H19ClF3N3O2. The molecule has 0 spiro atoms. The van der Waals surface area contributed by atoms with Crippen LogP contribution in [0.3, 0.4) is 0 Å². The Morgan fingerprint density at radius 2 is 1.94 bits per heavy atom. The Labute approximate surface area is 187 Å². The van der Waals surface area contributed by atoms with E-state index >= 15 is 0 Å². The minimum Gasteiger partial charge on any atom is -0.455 e. The molecule has 3 aromatic rings. The van der Waals surface area contributed by atoms with Gasteiger partial charge in [-0.1, -0.05) is 47.5 Å². The topological polar surface area (TPSA) is 55.7 Å². The molecule has 1 aliphatic rings. The number of aromatic nitrogens is 1. The number of nitrogens with one attached hydrogen (secondary N) is 1. The number of pyridine rings is 1. The number of rotatable bonds is 5. The lowest BCUT2D eigenvalue weighted by molar-refractivity contribution is -0.137. The zero-order valence-corrected chi connectivity index (χ0v) is 17.7. The number of benzene rings is 2. The van der Waals surface area contributed by atoms with Crippen molar-refractivity contribution in [2.24, 2.45) is 4.99 Å². The van der Waals surface area contributed by atoms with Gasteiger partial charge in [0, 0.05) is 0 Å². The molecule has 4 rings (SSSR count). The Balaban J connectivity index is 1.61. The molecule has 0 aliphatic carbocycles. The van der Waals surface area contributed by atoms with E-state index < -0.39 is 11.7 Å². The fraction of sp³-hybridized carbons (Fsp3) is 0.217. The number of halogens is 4. The largest absolute Gasteiger partial charge is 0.455 e. The number of amidine groups is 1. The van der Waals surface area contributed by atoms with Gasteiger partial charge in [-0.15, -0.1) is 0 Å². The van der Waals surface area contributed by atoms with E-state index in [2.05, 4.69) is 10.5 Å². The van der Waals surface area contributed by atoms with Crippen LogP contribution in [0, 0.1) is 6.92 Å². The number of ether oxygens (including phenoxy) is 1. The summed E-state index contributed by atoms with van der Waals surface area (Å²) < 4.78 is 44.9. The molecule has 0 fully saturated rings. The minimum atomic E-state index is -4.48. The Morgan fingerprint density at radius 1 is 1.16 bits per heavy atom. The molecule has 1 atom stereocenters. The molecule has 1 unspecified atom stereocenters. The van der Waals surface area contributed by atoms with Crippen LogP contribution in [0.1, 0.15) is 22.3 Å². The maximum Gasteiger partial charge on any atom is 0.416 e. The summed E-state index contributed by atoms with van der Waals surface area (Å²) in [6.45, 7) is 2.38. The number of aliphatic imine (C=N–C) groups is 1. The van der Waals surface area contributed by atoms with Crippen molar-refractivity contribution in [2.75, 3.05) is 6.61 Å². The number of nitrogens with zero attached hydrogens (tertiary/aromatic N) is 2. The molecule has 1 aromatic heterocycles. The van der Waals surface area contributed by atoms with Gasteiger partial charge < -0.3 is 4.74 Å². The first-order chi connectivity index (χ1) is 15.3. The smallest absolute Gasteiger partial charge is 0.416 e. The summed E-state index contributed by atoms with van der Waals surface area (Å²) in [6.07, 6.45) is -2.48. The standard InChI is InChI=1S/C23H19ClF3N3O2/c1-14-5-7-15(8-6-14)9-17-13-31-30-22(29-17)19-11-21(24)28-12-20(19)32-18-4-2-3-16(10-18)23(25,26)27/h2-8,10-12,17H,9,13H2,1H3,(H,29,30). The van der Waals surface area contributed by atoms with Gasteiger partial charge in [-0.05, 0) is 43.2 Å². The van der Waals surface area contributed by atoms with E-state index in [1.807, 2.05) is 31.2 Å². The van der Waals surface area contributed by atoms with Crippen LogP contribution in [0.2, 0.25) is 5.15 Å². The van der Waals surface area contributed by atoms with E-state index in [1.54, 1.807) is 0 Å². The minimum absolute atomic E-state index is 0.0127. The van der Waals surface area contributed by atoms with Gasteiger partial charge in [-0.3, -0.25) is 9.83 Å². The summed E-state index contributed by atoms with van der Waals surface area (Å²) >= 11 is 6.07. The predicted octanol–water partition coefficient (Wildman–Crippen LogP) is 5.75. The van der Waals surface area contributed by atoms with Crippen LogP contribution >= 0.6 is 11.6 Å². The lowest BCUT2D eigenvalue weighted by atomic mass is 10.0. The van der Waals surface area contributed by atoms with Crippen molar-refractivity contribution in [3.63, 3.8) is 0 Å². The summed E-state index contributed by atoms with van der Waals surface area (Å²) in [7, 11) is 0. The second-order valence-corrected chi connectivity index (χ2v) is 7.75. The van der Waals surface area contributed by atoms with Gasteiger partial charge in [-0.2, -0.15) is 13.2 Å². The number of alkyl halides is 3. The van der Waals surface area contributed by atoms with Gasteiger partial charge in [0.2, 0.25) is 0 Å². The van der Waals surface area contributed by atoms with Crippen molar-refractivity contribution < 1.29 is 22.7 Å². The van der Waals surface area contributed by atoms with E-state index in [9.17, 15) is 13.2 Å². The van der Waals surface area contributed by atoms with Crippen LogP contribution in [0.15, 0.2) is 65.8 Å². The third-order valence-electron chi connectivity index (χ3n) is 4.83. The highest BCUT2D eigenvalue weighted by atomic mass is 35.5. The maximum atomic E-state index is 13.0. The maximum absolute atomic E-state index is 13.0. The summed E-state index contributed by atoms with van der Waals surface area (Å²) in [5.41, 5.74) is 4.65. The van der Waals surface area contributed by atoms with Crippen LogP contribution in [0.4, 0.5) is 13.2 Å². The number of aryl methyl sites for hydroxylation is 1. The van der Waals surface area contributed by atoms with Gasteiger partial charge in [0.25, 0.3) is 0 Å². The molecule has 0 saturated carbocycles. The number of hydroxylamine groups is 1. The van der Waals surface area contributed by atoms with Crippen molar-refractivity contribution in [3.8, 4) is 11.5 Å². The van der Waals surface area contributed by atoms with Gasteiger partial charge >= 0.3 is 6.18 Å². The Kier molecular flexibility index (Phi) is 6.34. The predicted molar refractivity (Wildman–Crippen MR) is 115 cm³/mol. The molecule has 1 aliphatic heterocycles. The van der Waals surface area contributed by atoms with Crippen LogP contribution in [0.25, 0.3) is 0 Å². The molecule has 0 bridgehead atoms. The molecule has 166 valence electrons. The van der Waals surface area contributed by atoms with E-state index in [0.29, 0.717) is 24.4 Å². The first-order valence-electron chi connectivity index (χ1n) is 9.80. The fourth-order valence-corrected chi connectivity index (χ4v) is 3.38. The van der Waals surface area contributed by atoms with E-state index in [4.69, 9.17) is 26.2 Å². The van der Waals surface area contributed by atoms with Crippen molar-refractivity contribution in [1.82, 2.24) is 10.5 Å². The van der Waals surface area contributed by atoms with Gasteiger partial charge in [0.15, 0.2) is 11.6 Å². The first-order valence-corrected chi connectivity index (χ1v) is 10.2. The Hall–Kier alpha value is -3.10. The summed E-state index contributed by atoms with van der Waals surface area (Å²) in [4.78, 5) is 14.2. The molecule has 2 heterocycles. The average molecular weight is 462 g/mol. The summed E-state index contributed by atoms with van der Waals surface area (Å²) in [5, 5.41) is 0.182. The zero-order valence-electron chi connectivity index (χ0n) is 17.0. The quantitative estimate of drug-likeness (QED) is 0.492. The van der Waals surface area contributed by atoms with Crippen LogP contribution in [-0.2, 0) is 17.4 Å². The van der Waals surface area contributed by atoms with Gasteiger partial charge in [0.1, 0.15) is 10.9 Å². The third kappa shape index (κ3) is 5.38. The molecule has 0 radical (unpaired) electrons. The fourth-order valence-electron chi connectivity index (χ4n) is 3.22. The van der Waals surface area contributed by atoms with Crippen LogP contribution in [0.5, 0.6) is 11.5 Å². The molecule has 1 N–H and O–H groups in total. The van der Waals surface area contributed by atoms with E-state index in [-0.39, 0.29) is 22.7 Å². The van der Waals surface area contributed by atoms with Crippen molar-refractivity contribution in [2.45, 2.75) is 25.6 Å². The summed E-state index contributed by atoms with van der Waals surface area (Å²) in [5.74, 6) is 0.568. The van der Waals surface area contributed by atoms with Crippen molar-refractivity contribution in [1.29, 1.82) is 0 Å². The third-order valence-corrected chi connectivity index (χ3v) is 5.03. The lowest BCUT2D eigenvalue weighted by Crippen LogP contribution is -2.36. The zero-order chi connectivity index (χ0) is 22.7. The normalized spacial score (nSPS) is 16.3. The van der Waals surface area contributed by atoms with Crippen molar-refractivity contribution in [3.05, 3.63) is 88.2 Å². The highest BCUT2D eigenvalue weighted by Crippen LogP contribution is 2.34. The SMILES string of the molecule is Cc1ccc(CC2CONC(c3cc(Cl)ncc3Oc3cccc(C(F)(F)F)c3)=N2)cc1. The molecule has 5 nitrogen and oxygen atoms in total. The molecule has 0 amide bonds. The average Bonchev–Trinajstić information content (AvgIpc) is 2.76. The van der Waals surface area contributed by atoms with Crippen LogP contribution < -0.4 is 10.2 Å². The first kappa shape index (κ1) is 22.1.